The predicted molar refractivity (Wildman–Crippen MR) is 107 cm³/mol. The lowest BCUT2D eigenvalue weighted by molar-refractivity contribution is 0.0950. The molecule has 1 aliphatic heterocycles. The van der Waals surface area contributed by atoms with Gasteiger partial charge in [-0.05, 0) is 27.2 Å². The molecule has 12 heteroatoms. The van der Waals surface area contributed by atoms with Crippen LogP contribution in [0.5, 0.6) is 0 Å². The summed E-state index contributed by atoms with van der Waals surface area (Å²) in [5.41, 5.74) is 0. The zero-order valence-corrected chi connectivity index (χ0v) is 18.3. The number of aromatic nitrogens is 5. The van der Waals surface area contributed by atoms with Crippen molar-refractivity contribution in [3.05, 3.63) is 29.1 Å². The van der Waals surface area contributed by atoms with Crippen LogP contribution in [0.15, 0.2) is 12.4 Å². The highest BCUT2D eigenvalue weighted by Crippen LogP contribution is 2.30. The Morgan fingerprint density at radius 3 is 2.52 bits per heavy atom. The van der Waals surface area contributed by atoms with Gasteiger partial charge in [0.1, 0.15) is 17.2 Å². The van der Waals surface area contributed by atoms with Crippen molar-refractivity contribution in [3.63, 3.8) is 0 Å². The second-order valence-corrected chi connectivity index (χ2v) is 9.65. The number of sulfonamides is 1. The Kier molecular flexibility index (Phi) is 6.72. The van der Waals surface area contributed by atoms with Crippen LogP contribution < -0.4 is 4.72 Å². The highest BCUT2D eigenvalue weighted by molar-refractivity contribution is 7.93. The van der Waals surface area contributed by atoms with E-state index in [-0.39, 0.29) is 23.7 Å². The maximum atomic E-state index is 13.1. The molecule has 3 rings (SSSR count). The van der Waals surface area contributed by atoms with E-state index in [1.807, 2.05) is 13.8 Å². The van der Waals surface area contributed by atoms with E-state index in [0.717, 1.165) is 6.42 Å². The van der Waals surface area contributed by atoms with Crippen molar-refractivity contribution in [3.8, 4) is 0 Å². The molecule has 0 aromatic carbocycles. The number of ether oxygens (including phenoxy) is 2. The van der Waals surface area contributed by atoms with Crippen LogP contribution in [-0.2, 0) is 19.5 Å². The largest absolute Gasteiger partial charge is 0.381 e. The first-order valence-electron chi connectivity index (χ1n) is 9.29. The number of hydrogen-bond donors (Lipinski definition) is 1. The molecule has 2 aromatic heterocycles. The Bertz CT molecular complexity index is 928. The van der Waals surface area contributed by atoms with Gasteiger partial charge >= 0.3 is 0 Å². The number of nitrogens with one attached hydrogen (secondary N) is 1. The minimum Gasteiger partial charge on any atom is -0.381 e. The van der Waals surface area contributed by atoms with E-state index in [2.05, 4.69) is 24.9 Å². The van der Waals surface area contributed by atoms with E-state index < -0.39 is 21.4 Å². The molecule has 1 fully saturated rings. The molecule has 0 spiro atoms. The van der Waals surface area contributed by atoms with Gasteiger partial charge in [-0.25, -0.2) is 18.4 Å². The van der Waals surface area contributed by atoms with Crippen LogP contribution in [0.3, 0.4) is 0 Å². The standard InChI is InChI=1S/C17H25ClN6O4S/c1-10(2)24-16(12-5-6-28-9-12)21-22-17(24)23-29(25,26)11(3)14(27-4)15-19-7-13(18)8-20-15/h7-8,10-12,14H,5-6,9H2,1-4H3,(H,22,23)/t11-,12?,14-/m0/s1. The first-order valence-corrected chi connectivity index (χ1v) is 11.2. The molecule has 0 amide bonds. The van der Waals surface area contributed by atoms with Gasteiger partial charge in [-0.1, -0.05) is 11.6 Å². The van der Waals surface area contributed by atoms with Gasteiger partial charge < -0.3 is 9.47 Å². The van der Waals surface area contributed by atoms with Crippen molar-refractivity contribution in [1.82, 2.24) is 24.7 Å². The van der Waals surface area contributed by atoms with Crippen LogP contribution in [0, 0.1) is 0 Å². The lowest BCUT2D eigenvalue weighted by atomic mass is 10.1. The maximum Gasteiger partial charge on any atom is 0.240 e. The average molecular weight is 445 g/mol. The Morgan fingerprint density at radius 1 is 1.28 bits per heavy atom. The molecule has 160 valence electrons. The molecule has 1 saturated heterocycles. The summed E-state index contributed by atoms with van der Waals surface area (Å²) in [5, 5.41) is 7.68. The van der Waals surface area contributed by atoms with Crippen molar-refractivity contribution in [2.45, 2.75) is 50.5 Å². The summed E-state index contributed by atoms with van der Waals surface area (Å²) in [7, 11) is -2.49. The summed E-state index contributed by atoms with van der Waals surface area (Å²) < 4.78 is 41.3. The van der Waals surface area contributed by atoms with E-state index >= 15 is 0 Å². The number of halogens is 1. The molecule has 29 heavy (non-hydrogen) atoms. The van der Waals surface area contributed by atoms with Gasteiger partial charge in [-0.2, -0.15) is 0 Å². The van der Waals surface area contributed by atoms with E-state index in [1.165, 1.54) is 26.4 Å². The van der Waals surface area contributed by atoms with Crippen molar-refractivity contribution in [2.24, 2.45) is 0 Å². The Hall–Kier alpha value is -1.82. The molecule has 0 radical (unpaired) electrons. The molecule has 0 aliphatic carbocycles. The minimum atomic E-state index is -3.89. The molecule has 3 heterocycles. The maximum absolute atomic E-state index is 13.1. The quantitative estimate of drug-likeness (QED) is 0.658. The Labute approximate surface area is 175 Å². The number of anilines is 1. The minimum absolute atomic E-state index is 0.0357. The topological polar surface area (TPSA) is 121 Å². The number of nitrogens with zero attached hydrogens (tertiary/aromatic N) is 5. The van der Waals surface area contributed by atoms with Crippen LogP contribution >= 0.6 is 11.6 Å². The summed E-state index contributed by atoms with van der Waals surface area (Å²) in [4.78, 5) is 8.17. The zero-order valence-electron chi connectivity index (χ0n) is 16.7. The van der Waals surface area contributed by atoms with Crippen molar-refractivity contribution < 1.29 is 17.9 Å². The van der Waals surface area contributed by atoms with Crippen LogP contribution in [0.2, 0.25) is 5.02 Å². The predicted octanol–water partition coefficient (Wildman–Crippen LogP) is 2.32. The van der Waals surface area contributed by atoms with Gasteiger partial charge in [0.2, 0.25) is 16.0 Å². The fourth-order valence-electron chi connectivity index (χ4n) is 3.26. The fraction of sp³-hybridized carbons (Fsp3) is 0.647. The normalized spacial score (nSPS) is 19.4. The van der Waals surface area contributed by atoms with E-state index in [1.54, 1.807) is 4.57 Å². The summed E-state index contributed by atoms with van der Waals surface area (Å²) in [6.07, 6.45) is 2.73. The van der Waals surface area contributed by atoms with Gasteiger partial charge in [0.25, 0.3) is 0 Å². The number of hydrogen-bond acceptors (Lipinski definition) is 8. The zero-order chi connectivity index (χ0) is 21.2. The van der Waals surface area contributed by atoms with Crippen molar-refractivity contribution in [1.29, 1.82) is 0 Å². The summed E-state index contributed by atoms with van der Waals surface area (Å²) in [5.74, 6) is 1.20. The highest BCUT2D eigenvalue weighted by atomic mass is 35.5. The molecule has 2 aromatic rings. The number of rotatable bonds is 8. The van der Waals surface area contributed by atoms with Crippen LogP contribution in [0.1, 0.15) is 56.9 Å². The third-order valence-electron chi connectivity index (χ3n) is 4.83. The first-order chi connectivity index (χ1) is 13.7. The second kappa shape index (κ2) is 8.90. The average Bonchev–Trinajstić information content (AvgIpc) is 3.33. The van der Waals surface area contributed by atoms with Crippen molar-refractivity contribution in [2.75, 3.05) is 25.0 Å². The molecular weight excluding hydrogens is 420 g/mol. The van der Waals surface area contributed by atoms with E-state index in [4.69, 9.17) is 21.1 Å². The third kappa shape index (κ3) is 4.68. The highest BCUT2D eigenvalue weighted by Gasteiger charge is 2.35. The summed E-state index contributed by atoms with van der Waals surface area (Å²) in [6, 6.07) is -0.0357. The van der Waals surface area contributed by atoms with E-state index in [9.17, 15) is 8.42 Å². The van der Waals surface area contributed by atoms with Crippen LogP contribution in [0.4, 0.5) is 5.95 Å². The van der Waals surface area contributed by atoms with Crippen molar-refractivity contribution >= 4 is 27.6 Å². The molecule has 1 N–H and O–H groups in total. The summed E-state index contributed by atoms with van der Waals surface area (Å²) in [6.45, 7) is 6.63. The van der Waals surface area contributed by atoms with Gasteiger partial charge in [0.05, 0.1) is 11.6 Å². The molecule has 10 nitrogen and oxygen atoms in total. The van der Waals surface area contributed by atoms with Gasteiger partial charge in [0.15, 0.2) is 5.82 Å². The molecule has 0 saturated carbocycles. The first kappa shape index (κ1) is 21.9. The fourth-order valence-corrected chi connectivity index (χ4v) is 4.49. The van der Waals surface area contributed by atoms with E-state index in [0.29, 0.717) is 24.1 Å². The summed E-state index contributed by atoms with van der Waals surface area (Å²) >= 11 is 5.82. The van der Waals surface area contributed by atoms with Crippen LogP contribution in [-0.4, -0.2) is 58.7 Å². The third-order valence-corrected chi connectivity index (χ3v) is 6.72. The Balaban J connectivity index is 1.87. The second-order valence-electron chi connectivity index (χ2n) is 7.17. The molecular formula is C17H25ClN6O4S. The lowest BCUT2D eigenvalue weighted by Gasteiger charge is -2.23. The molecule has 0 bridgehead atoms. The molecule has 3 atom stereocenters. The van der Waals surface area contributed by atoms with Crippen LogP contribution in [0.25, 0.3) is 0 Å². The number of methoxy groups -OCH3 is 1. The Morgan fingerprint density at radius 2 is 1.97 bits per heavy atom. The molecule has 1 unspecified atom stereocenters. The van der Waals surface area contributed by atoms with Gasteiger partial charge in [-0.3, -0.25) is 9.29 Å². The van der Waals surface area contributed by atoms with Gasteiger partial charge in [-0.15, -0.1) is 10.2 Å². The lowest BCUT2D eigenvalue weighted by Crippen LogP contribution is -2.33. The SMILES string of the molecule is CO[C@H](c1ncc(Cl)cn1)[C@H](C)S(=O)(=O)Nc1nnc(C2CCOC2)n1C(C)C. The molecule has 1 aliphatic rings. The monoisotopic (exact) mass is 444 g/mol. The smallest absolute Gasteiger partial charge is 0.240 e. The van der Waals surface area contributed by atoms with Gasteiger partial charge in [0, 0.05) is 38.1 Å².